The summed E-state index contributed by atoms with van der Waals surface area (Å²) in [5, 5.41) is 11.1. The van der Waals surface area contributed by atoms with Crippen LogP contribution in [0.15, 0.2) is 4.42 Å². The molecule has 10 nitrogen and oxygen atoms in total. The van der Waals surface area contributed by atoms with Gasteiger partial charge in [0.1, 0.15) is 23.9 Å². The fraction of sp³-hybridized carbons (Fsp3) is 0.682. The molecule has 2 rings (SSSR count). The SMILES string of the molecule is Cc1oc2nc1C(=O)N[C@H](C)C(=O)NCCCC[C@H](NC(=O)C(C)C)C(=O)N[C@H]2C(C)C. The van der Waals surface area contributed by atoms with E-state index in [0.29, 0.717) is 31.6 Å². The molecule has 0 unspecified atom stereocenters. The minimum Gasteiger partial charge on any atom is -0.443 e. The molecule has 0 radical (unpaired) electrons. The minimum atomic E-state index is -0.742. The second-order valence-corrected chi connectivity index (χ2v) is 8.89. The molecule has 2 heterocycles. The number of fused-ring (bicyclic) bond motifs is 2. The Morgan fingerprint density at radius 2 is 1.78 bits per heavy atom. The van der Waals surface area contributed by atoms with Gasteiger partial charge in [-0.25, -0.2) is 4.98 Å². The van der Waals surface area contributed by atoms with Crippen LogP contribution < -0.4 is 21.3 Å². The lowest BCUT2D eigenvalue weighted by Crippen LogP contribution is -2.49. The standard InChI is InChI=1S/C22H35N5O5/c1-11(2)16-22-27-17(14(6)32-22)21(31)24-13(5)19(29)23-10-8-7-9-15(20(30)26-16)25-18(28)12(3)4/h11-13,15-16H,7-10H2,1-6H3,(H,23,29)(H,24,31)(H,25,28)(H,26,30)/t13-,15+,16+/m1/s1. The Morgan fingerprint density at radius 3 is 2.41 bits per heavy atom. The van der Waals surface area contributed by atoms with Gasteiger partial charge in [-0.3, -0.25) is 19.2 Å². The molecule has 0 aliphatic carbocycles. The molecular weight excluding hydrogens is 414 g/mol. The van der Waals surface area contributed by atoms with Crippen molar-refractivity contribution in [3.05, 3.63) is 17.3 Å². The van der Waals surface area contributed by atoms with Crippen LogP contribution in [0.5, 0.6) is 0 Å². The van der Waals surface area contributed by atoms with E-state index in [1.54, 1.807) is 27.7 Å². The van der Waals surface area contributed by atoms with Crippen LogP contribution in [0.25, 0.3) is 0 Å². The predicted molar refractivity (Wildman–Crippen MR) is 118 cm³/mol. The van der Waals surface area contributed by atoms with E-state index in [9.17, 15) is 19.2 Å². The Balaban J connectivity index is 2.37. The van der Waals surface area contributed by atoms with Gasteiger partial charge in [0.15, 0.2) is 5.69 Å². The van der Waals surface area contributed by atoms with Crippen LogP contribution in [0.2, 0.25) is 0 Å². The Morgan fingerprint density at radius 1 is 1.09 bits per heavy atom. The van der Waals surface area contributed by atoms with E-state index >= 15 is 0 Å². The van der Waals surface area contributed by atoms with Crippen molar-refractivity contribution in [2.75, 3.05) is 6.54 Å². The number of nitrogens with zero attached hydrogens (tertiary/aromatic N) is 1. The van der Waals surface area contributed by atoms with Gasteiger partial charge >= 0.3 is 0 Å². The highest BCUT2D eigenvalue weighted by Gasteiger charge is 2.31. The molecule has 2 bridgehead atoms. The number of carbonyl (C=O) groups is 4. The van der Waals surface area contributed by atoms with E-state index in [1.807, 2.05) is 13.8 Å². The number of amides is 4. The second-order valence-electron chi connectivity index (χ2n) is 8.89. The van der Waals surface area contributed by atoms with Crippen LogP contribution in [0.1, 0.15) is 82.1 Å². The number of aromatic nitrogens is 1. The van der Waals surface area contributed by atoms with Crippen LogP contribution in [0, 0.1) is 18.8 Å². The van der Waals surface area contributed by atoms with Gasteiger partial charge in [0.2, 0.25) is 23.6 Å². The summed E-state index contributed by atoms with van der Waals surface area (Å²) in [5.41, 5.74) is 0.0660. The number of nitrogens with one attached hydrogen (secondary N) is 4. The first-order valence-electron chi connectivity index (χ1n) is 11.2. The molecule has 1 aliphatic rings. The molecule has 1 aliphatic heterocycles. The summed E-state index contributed by atoms with van der Waals surface area (Å²) in [5.74, 6) is -1.25. The molecule has 1 aromatic heterocycles. The molecular formula is C22H35N5O5. The van der Waals surface area contributed by atoms with E-state index < -0.39 is 24.0 Å². The Kier molecular flexibility index (Phi) is 8.80. The quantitative estimate of drug-likeness (QED) is 0.549. The molecule has 0 saturated heterocycles. The van der Waals surface area contributed by atoms with Gasteiger partial charge in [-0.05, 0) is 39.0 Å². The monoisotopic (exact) mass is 449 g/mol. The van der Waals surface area contributed by atoms with Crippen LogP contribution in [0.4, 0.5) is 0 Å². The molecule has 3 atom stereocenters. The van der Waals surface area contributed by atoms with Crippen LogP contribution in [0.3, 0.4) is 0 Å². The Hall–Kier alpha value is -2.91. The number of hydrogen-bond donors (Lipinski definition) is 4. The molecule has 0 aromatic carbocycles. The maximum absolute atomic E-state index is 13.1. The van der Waals surface area contributed by atoms with Crippen molar-refractivity contribution in [2.45, 2.75) is 78.9 Å². The number of rotatable bonds is 3. The van der Waals surface area contributed by atoms with Crippen LogP contribution in [-0.4, -0.2) is 47.2 Å². The summed E-state index contributed by atoms with van der Waals surface area (Å²) in [6.07, 6.45) is 1.67. The summed E-state index contributed by atoms with van der Waals surface area (Å²) in [4.78, 5) is 54.6. The summed E-state index contributed by atoms with van der Waals surface area (Å²) < 4.78 is 5.73. The third-order valence-corrected chi connectivity index (χ3v) is 5.38. The number of aryl methyl sites for hydroxylation is 1. The van der Waals surface area contributed by atoms with Gasteiger partial charge in [-0.15, -0.1) is 0 Å². The number of hydrogen-bond acceptors (Lipinski definition) is 6. The van der Waals surface area contributed by atoms with Gasteiger partial charge in [-0.1, -0.05) is 27.7 Å². The molecule has 178 valence electrons. The van der Waals surface area contributed by atoms with Crippen LogP contribution >= 0.6 is 0 Å². The lowest BCUT2D eigenvalue weighted by molar-refractivity contribution is -0.131. The highest BCUT2D eigenvalue weighted by atomic mass is 16.4. The highest BCUT2D eigenvalue weighted by Crippen LogP contribution is 2.24. The fourth-order valence-electron chi connectivity index (χ4n) is 3.30. The summed E-state index contributed by atoms with van der Waals surface area (Å²) in [6.45, 7) is 10.9. The average molecular weight is 450 g/mol. The molecule has 0 saturated carbocycles. The largest absolute Gasteiger partial charge is 0.443 e. The van der Waals surface area contributed by atoms with Gasteiger partial charge in [0.05, 0.1) is 0 Å². The van der Waals surface area contributed by atoms with E-state index in [1.165, 1.54) is 0 Å². The smallest absolute Gasteiger partial charge is 0.274 e. The van der Waals surface area contributed by atoms with E-state index in [0.717, 1.165) is 0 Å². The molecule has 1 aromatic rings. The first-order valence-corrected chi connectivity index (χ1v) is 11.2. The zero-order valence-corrected chi connectivity index (χ0v) is 19.7. The van der Waals surface area contributed by atoms with E-state index in [2.05, 4.69) is 26.3 Å². The summed E-state index contributed by atoms with van der Waals surface area (Å²) in [7, 11) is 0. The van der Waals surface area contributed by atoms with Crippen LogP contribution in [-0.2, 0) is 14.4 Å². The predicted octanol–water partition coefficient (Wildman–Crippen LogP) is 1.36. The maximum atomic E-state index is 13.1. The Bertz CT molecular complexity index is 848. The van der Waals surface area contributed by atoms with E-state index in [-0.39, 0.29) is 41.1 Å². The lowest BCUT2D eigenvalue weighted by atomic mass is 10.0. The van der Waals surface area contributed by atoms with Crippen molar-refractivity contribution in [1.29, 1.82) is 0 Å². The molecule has 32 heavy (non-hydrogen) atoms. The number of oxazole rings is 1. The summed E-state index contributed by atoms with van der Waals surface area (Å²) in [6, 6.07) is -2.06. The third-order valence-electron chi connectivity index (χ3n) is 5.38. The fourth-order valence-corrected chi connectivity index (χ4v) is 3.30. The summed E-state index contributed by atoms with van der Waals surface area (Å²) >= 11 is 0. The highest BCUT2D eigenvalue weighted by molar-refractivity contribution is 5.96. The topological polar surface area (TPSA) is 142 Å². The Labute approximate surface area is 188 Å². The zero-order valence-electron chi connectivity index (χ0n) is 19.7. The molecule has 0 fully saturated rings. The first-order chi connectivity index (χ1) is 15.0. The normalized spacial score (nSPS) is 23.5. The van der Waals surface area contributed by atoms with Crippen molar-refractivity contribution < 1.29 is 23.6 Å². The molecule has 4 N–H and O–H groups in total. The van der Waals surface area contributed by atoms with Crippen molar-refractivity contribution >= 4 is 23.6 Å². The van der Waals surface area contributed by atoms with E-state index in [4.69, 9.17) is 4.42 Å². The lowest BCUT2D eigenvalue weighted by Gasteiger charge is -2.24. The van der Waals surface area contributed by atoms with Crippen molar-refractivity contribution in [3.63, 3.8) is 0 Å². The van der Waals surface area contributed by atoms with Gasteiger partial charge in [-0.2, -0.15) is 0 Å². The molecule has 4 amide bonds. The van der Waals surface area contributed by atoms with Gasteiger partial charge in [0.25, 0.3) is 5.91 Å². The third kappa shape index (κ3) is 6.54. The number of carbonyl (C=O) groups excluding carboxylic acids is 4. The first kappa shape index (κ1) is 25.4. The van der Waals surface area contributed by atoms with Crippen molar-refractivity contribution in [2.24, 2.45) is 11.8 Å². The van der Waals surface area contributed by atoms with Gasteiger partial charge < -0.3 is 25.7 Å². The second kappa shape index (κ2) is 11.1. The van der Waals surface area contributed by atoms with Gasteiger partial charge in [0, 0.05) is 12.5 Å². The zero-order chi connectivity index (χ0) is 24.0. The molecule has 0 spiro atoms. The molecule has 10 heteroatoms. The average Bonchev–Trinajstić information content (AvgIpc) is 3.10. The maximum Gasteiger partial charge on any atom is 0.274 e. The van der Waals surface area contributed by atoms with Crippen molar-refractivity contribution in [3.8, 4) is 0 Å². The van der Waals surface area contributed by atoms with Crippen molar-refractivity contribution in [1.82, 2.24) is 26.3 Å². The minimum absolute atomic E-state index is 0.0660.